The second kappa shape index (κ2) is 5.70. The van der Waals surface area contributed by atoms with Gasteiger partial charge in [-0.15, -0.1) is 0 Å². The van der Waals surface area contributed by atoms with Crippen LogP contribution in [0.3, 0.4) is 0 Å². The minimum atomic E-state index is -0.694. The molecule has 1 aliphatic rings. The summed E-state index contributed by atoms with van der Waals surface area (Å²) >= 11 is 0. The van der Waals surface area contributed by atoms with Crippen LogP contribution in [0.25, 0.3) is 0 Å². The van der Waals surface area contributed by atoms with Gasteiger partial charge in [0.25, 0.3) is 0 Å². The molecule has 1 N–H and O–H groups in total. The minimum absolute atomic E-state index is 0.187. The molecule has 0 amide bonds. The van der Waals surface area contributed by atoms with Crippen molar-refractivity contribution >= 4 is 5.97 Å². The zero-order chi connectivity index (χ0) is 13.9. The SMILES string of the molecule is CCC1(C(=O)O)CCN(Cc2ccccc2F)CC1. The van der Waals surface area contributed by atoms with Crippen LogP contribution in [0.15, 0.2) is 24.3 Å². The minimum Gasteiger partial charge on any atom is -0.481 e. The number of piperidine rings is 1. The fourth-order valence-corrected chi connectivity index (χ4v) is 2.73. The molecule has 0 aromatic heterocycles. The molecule has 0 saturated carbocycles. The van der Waals surface area contributed by atoms with E-state index in [4.69, 9.17) is 0 Å². The average Bonchev–Trinajstić information content (AvgIpc) is 2.42. The van der Waals surface area contributed by atoms with Crippen molar-refractivity contribution in [2.24, 2.45) is 5.41 Å². The van der Waals surface area contributed by atoms with E-state index >= 15 is 0 Å². The number of carboxylic acids is 1. The van der Waals surface area contributed by atoms with Gasteiger partial charge in [0.05, 0.1) is 5.41 Å². The third-order valence-electron chi connectivity index (χ3n) is 4.30. The first-order valence-corrected chi connectivity index (χ1v) is 6.76. The van der Waals surface area contributed by atoms with Crippen molar-refractivity contribution in [3.8, 4) is 0 Å². The van der Waals surface area contributed by atoms with Crippen LogP contribution in [0.5, 0.6) is 0 Å². The molecule has 2 rings (SSSR count). The highest BCUT2D eigenvalue weighted by atomic mass is 19.1. The standard InChI is InChI=1S/C15H20FNO2/c1-2-15(14(18)19)7-9-17(10-8-15)11-12-5-3-4-6-13(12)16/h3-6H,2,7-11H2,1H3,(H,18,19). The number of benzene rings is 1. The summed E-state index contributed by atoms with van der Waals surface area (Å²) in [5, 5.41) is 9.33. The Morgan fingerprint density at radius 1 is 1.37 bits per heavy atom. The van der Waals surface area contributed by atoms with E-state index in [0.29, 0.717) is 44.5 Å². The van der Waals surface area contributed by atoms with Crippen LogP contribution in [-0.4, -0.2) is 29.1 Å². The number of hydrogen-bond acceptors (Lipinski definition) is 2. The molecule has 0 aliphatic carbocycles. The summed E-state index contributed by atoms with van der Waals surface area (Å²) < 4.78 is 13.6. The van der Waals surface area contributed by atoms with Crippen LogP contribution in [0, 0.1) is 11.2 Å². The Kier molecular flexibility index (Phi) is 4.20. The normalized spacial score (nSPS) is 19.3. The summed E-state index contributed by atoms with van der Waals surface area (Å²) in [6.45, 7) is 3.93. The first-order valence-electron chi connectivity index (χ1n) is 6.76. The van der Waals surface area contributed by atoms with E-state index in [9.17, 15) is 14.3 Å². The smallest absolute Gasteiger partial charge is 0.309 e. The van der Waals surface area contributed by atoms with Crippen molar-refractivity contribution in [3.63, 3.8) is 0 Å². The Hall–Kier alpha value is -1.42. The van der Waals surface area contributed by atoms with Crippen molar-refractivity contribution in [3.05, 3.63) is 35.6 Å². The fraction of sp³-hybridized carbons (Fsp3) is 0.533. The summed E-state index contributed by atoms with van der Waals surface area (Å²) in [6, 6.07) is 6.76. The van der Waals surface area contributed by atoms with E-state index < -0.39 is 11.4 Å². The molecule has 1 aromatic rings. The lowest BCUT2D eigenvalue weighted by Gasteiger charge is -2.38. The largest absolute Gasteiger partial charge is 0.481 e. The summed E-state index contributed by atoms with van der Waals surface area (Å²) in [7, 11) is 0. The quantitative estimate of drug-likeness (QED) is 0.910. The third kappa shape index (κ3) is 2.95. The zero-order valence-corrected chi connectivity index (χ0v) is 11.2. The highest BCUT2D eigenvalue weighted by molar-refractivity contribution is 5.74. The highest BCUT2D eigenvalue weighted by Crippen LogP contribution is 2.35. The fourth-order valence-electron chi connectivity index (χ4n) is 2.73. The summed E-state index contributed by atoms with van der Waals surface area (Å²) in [5.74, 6) is -0.881. The van der Waals surface area contributed by atoms with E-state index in [2.05, 4.69) is 4.90 Å². The summed E-state index contributed by atoms with van der Waals surface area (Å²) in [6.07, 6.45) is 1.95. The molecule has 0 bridgehead atoms. The van der Waals surface area contributed by atoms with Gasteiger partial charge >= 0.3 is 5.97 Å². The Balaban J connectivity index is 1.97. The van der Waals surface area contributed by atoms with Gasteiger partial charge in [-0.05, 0) is 38.4 Å². The molecule has 1 aromatic carbocycles. The first kappa shape index (κ1) is 14.0. The van der Waals surface area contributed by atoms with Crippen molar-refractivity contribution in [2.75, 3.05) is 13.1 Å². The molecule has 0 spiro atoms. The monoisotopic (exact) mass is 265 g/mol. The molecular formula is C15H20FNO2. The predicted octanol–water partition coefficient (Wildman–Crippen LogP) is 2.90. The molecule has 1 fully saturated rings. The van der Waals surface area contributed by atoms with E-state index in [-0.39, 0.29) is 5.82 Å². The highest BCUT2D eigenvalue weighted by Gasteiger charge is 2.39. The Morgan fingerprint density at radius 2 is 2.00 bits per heavy atom. The maximum atomic E-state index is 13.6. The Labute approximate surface area is 113 Å². The summed E-state index contributed by atoms with van der Waals surface area (Å²) in [4.78, 5) is 13.5. The van der Waals surface area contributed by atoms with Gasteiger partial charge in [-0.2, -0.15) is 0 Å². The van der Waals surface area contributed by atoms with Gasteiger partial charge in [0.2, 0.25) is 0 Å². The molecule has 0 radical (unpaired) electrons. The molecule has 1 aliphatic heterocycles. The van der Waals surface area contributed by atoms with Crippen LogP contribution < -0.4 is 0 Å². The zero-order valence-electron chi connectivity index (χ0n) is 11.2. The molecule has 19 heavy (non-hydrogen) atoms. The molecule has 0 unspecified atom stereocenters. The van der Waals surface area contributed by atoms with Crippen LogP contribution in [0.4, 0.5) is 4.39 Å². The lowest BCUT2D eigenvalue weighted by Crippen LogP contribution is -2.43. The second-order valence-corrected chi connectivity index (χ2v) is 5.31. The molecule has 4 heteroatoms. The van der Waals surface area contributed by atoms with E-state index in [0.717, 1.165) is 0 Å². The molecule has 1 heterocycles. The average molecular weight is 265 g/mol. The van der Waals surface area contributed by atoms with Crippen LogP contribution >= 0.6 is 0 Å². The van der Waals surface area contributed by atoms with E-state index in [1.165, 1.54) is 6.07 Å². The van der Waals surface area contributed by atoms with Gasteiger partial charge in [0.1, 0.15) is 5.82 Å². The number of carboxylic acid groups (broad SMARTS) is 1. The molecule has 1 saturated heterocycles. The number of halogens is 1. The molecule has 3 nitrogen and oxygen atoms in total. The number of likely N-dealkylation sites (tertiary alicyclic amines) is 1. The van der Waals surface area contributed by atoms with Gasteiger partial charge in [-0.25, -0.2) is 4.39 Å². The van der Waals surface area contributed by atoms with Crippen LogP contribution in [0.2, 0.25) is 0 Å². The first-order chi connectivity index (χ1) is 9.07. The van der Waals surface area contributed by atoms with Gasteiger partial charge in [0.15, 0.2) is 0 Å². The number of aliphatic carboxylic acids is 1. The van der Waals surface area contributed by atoms with Gasteiger partial charge < -0.3 is 5.11 Å². The maximum absolute atomic E-state index is 13.6. The van der Waals surface area contributed by atoms with E-state index in [1.54, 1.807) is 12.1 Å². The second-order valence-electron chi connectivity index (χ2n) is 5.31. The predicted molar refractivity (Wildman–Crippen MR) is 71.3 cm³/mol. The lowest BCUT2D eigenvalue weighted by molar-refractivity contribution is -0.152. The number of nitrogens with zero attached hydrogens (tertiary/aromatic N) is 1. The molecule has 0 atom stereocenters. The van der Waals surface area contributed by atoms with Crippen molar-refractivity contribution < 1.29 is 14.3 Å². The topological polar surface area (TPSA) is 40.5 Å². The maximum Gasteiger partial charge on any atom is 0.309 e. The van der Waals surface area contributed by atoms with Crippen molar-refractivity contribution in [1.29, 1.82) is 0 Å². The molecule has 104 valence electrons. The third-order valence-corrected chi connectivity index (χ3v) is 4.30. The number of rotatable bonds is 4. The van der Waals surface area contributed by atoms with Crippen molar-refractivity contribution in [2.45, 2.75) is 32.7 Å². The Bertz CT molecular complexity index is 453. The van der Waals surface area contributed by atoms with E-state index in [1.807, 2.05) is 13.0 Å². The number of carbonyl (C=O) groups is 1. The molecular weight excluding hydrogens is 245 g/mol. The van der Waals surface area contributed by atoms with Crippen LogP contribution in [0.1, 0.15) is 31.7 Å². The van der Waals surface area contributed by atoms with Gasteiger partial charge in [-0.1, -0.05) is 25.1 Å². The number of hydrogen-bond donors (Lipinski definition) is 1. The summed E-state index contributed by atoms with van der Waals surface area (Å²) in [5.41, 5.74) is 0.105. The Morgan fingerprint density at radius 3 is 2.53 bits per heavy atom. The van der Waals surface area contributed by atoms with Gasteiger partial charge in [-0.3, -0.25) is 9.69 Å². The van der Waals surface area contributed by atoms with Gasteiger partial charge in [0, 0.05) is 12.1 Å². The lowest BCUT2D eigenvalue weighted by atomic mass is 9.76. The van der Waals surface area contributed by atoms with Crippen LogP contribution in [-0.2, 0) is 11.3 Å². The van der Waals surface area contributed by atoms with Crippen molar-refractivity contribution in [1.82, 2.24) is 4.90 Å².